The van der Waals surface area contributed by atoms with Crippen LogP contribution in [0.25, 0.3) is 89.7 Å². The maximum Gasteiger partial charge on any atom is 0.335 e. The number of H-pyrrole nitrogens is 1. The number of aryl methyl sites for hydroxylation is 8. The normalized spacial score (nSPS) is 11.9. The van der Waals surface area contributed by atoms with E-state index < -0.39 is 5.97 Å². The van der Waals surface area contributed by atoms with Gasteiger partial charge in [-0.15, -0.1) is 0 Å². The summed E-state index contributed by atoms with van der Waals surface area (Å²) in [6.07, 6.45) is 42.6. The van der Waals surface area contributed by atoms with Crippen LogP contribution in [0.1, 0.15) is 316 Å². The Morgan fingerprint density at radius 2 is 0.620 bits per heavy atom. The van der Waals surface area contributed by atoms with Crippen molar-refractivity contribution in [2.75, 3.05) is 0 Å². The second-order valence-corrected chi connectivity index (χ2v) is 27.1. The fraction of sp³-hybridized carbons (Fsp3) is 0.593. The number of rotatable bonds is 41. The van der Waals surface area contributed by atoms with Crippen LogP contribution in [-0.4, -0.2) is 46.0 Å². The average Bonchev–Trinajstić information content (AvgIpc) is 1.57. The van der Waals surface area contributed by atoms with Crippen LogP contribution >= 0.6 is 0 Å². The number of benzene rings is 4. The molecular formula is C81H113N8O2Zn-. The molecule has 92 heavy (non-hydrogen) atoms. The summed E-state index contributed by atoms with van der Waals surface area (Å²) in [6, 6.07) is 16.3. The molecule has 0 fully saturated rings. The van der Waals surface area contributed by atoms with E-state index in [0.29, 0.717) is 53.0 Å². The zero-order valence-electron chi connectivity index (χ0n) is 58.5. The molecule has 0 saturated carbocycles. The minimum absolute atomic E-state index is 0. The maximum atomic E-state index is 14.0. The predicted octanol–water partition coefficient (Wildman–Crippen LogP) is 23.2. The third-order valence-corrected chi connectivity index (χ3v) is 19.8. The van der Waals surface area contributed by atoms with Gasteiger partial charge in [-0.2, -0.15) is 0 Å². The van der Waals surface area contributed by atoms with E-state index >= 15 is 0 Å². The molecule has 9 rings (SSSR count). The molecule has 2 N–H and O–H groups in total. The Labute approximate surface area is 566 Å². The average molecular weight is 1300 g/mol. The maximum absolute atomic E-state index is 14.0. The van der Waals surface area contributed by atoms with Crippen molar-refractivity contribution in [2.45, 2.75) is 312 Å². The summed E-state index contributed by atoms with van der Waals surface area (Å²) in [5, 5.41) is 15.5. The van der Waals surface area contributed by atoms with E-state index in [1.54, 1.807) is 0 Å². The van der Waals surface area contributed by atoms with Gasteiger partial charge in [-0.3, -0.25) is 0 Å². The molecule has 7 aromatic rings. The van der Waals surface area contributed by atoms with Gasteiger partial charge in [0, 0.05) is 63.8 Å². The summed E-state index contributed by atoms with van der Waals surface area (Å²) in [7, 11) is 0. The molecule has 0 saturated heterocycles. The topological polar surface area (TPSA) is 145 Å². The number of aromatic amines is 1. The second kappa shape index (κ2) is 37.4. The van der Waals surface area contributed by atoms with E-state index in [9.17, 15) is 9.90 Å². The summed E-state index contributed by atoms with van der Waals surface area (Å²) >= 11 is 0. The summed E-state index contributed by atoms with van der Waals surface area (Å²) < 4.78 is 0. The van der Waals surface area contributed by atoms with E-state index in [4.69, 9.17) is 34.9 Å². The summed E-state index contributed by atoms with van der Waals surface area (Å²) in [5.74, 6) is 1.69. The number of hydrogen-bond donors (Lipinski definition) is 2. The molecular weight excluding hydrogens is 1180 g/mol. The monoisotopic (exact) mass is 1290 g/mol. The zero-order valence-corrected chi connectivity index (χ0v) is 61.5. The summed E-state index contributed by atoms with van der Waals surface area (Å²) in [6.45, 7) is 18.2. The van der Waals surface area contributed by atoms with Crippen molar-refractivity contribution in [3.8, 4) is 45.6 Å². The van der Waals surface area contributed by atoms with Crippen LogP contribution in [0.5, 0.6) is 0 Å². The van der Waals surface area contributed by atoms with Crippen molar-refractivity contribution in [1.82, 2.24) is 39.9 Å². The number of nitrogens with zero attached hydrogens (tertiary/aromatic N) is 7. The number of hydrogen-bond acceptors (Lipinski definition) is 7. The van der Waals surface area contributed by atoms with Gasteiger partial charge in [0.15, 0.2) is 11.6 Å². The molecule has 0 atom stereocenters. The largest absolute Gasteiger partial charge is 0.478 e. The molecule has 0 spiro atoms. The third-order valence-electron chi connectivity index (χ3n) is 19.8. The molecule has 11 heteroatoms. The molecule has 0 unspecified atom stereocenters. The van der Waals surface area contributed by atoms with Gasteiger partial charge in [0.1, 0.15) is 11.3 Å². The fourth-order valence-electron chi connectivity index (χ4n) is 14.7. The zero-order chi connectivity index (χ0) is 63.9. The fourth-order valence-corrected chi connectivity index (χ4v) is 14.7. The van der Waals surface area contributed by atoms with Crippen molar-refractivity contribution in [3.63, 3.8) is 0 Å². The standard InChI is InChI=1S/C81H114N8O2.Zn/c1-9-17-25-33-41-56-49-50-57(42-34-26-18-10-2)66-65(56)73-82-74(66)84-76-69-60(45-37-29-21-13-5)53-54-61(46-38-30-22-14-6)70(69)78(86-76)88-80-72-63(48-40-32-24-16-8)64(81(90)91)55-62(47-39-31-23-15-7)71(72)79(89-80)87-77-68-59(44-36-28-20-12-4)52-51-58(43-35-27-19-11-3)67(68)75(83-73)85-77;/h49-55H,9-48H2,1-8H3,(H3,82,83,84,85,86,87,88,89,90,91);/p-1. The van der Waals surface area contributed by atoms with E-state index in [-0.39, 0.29) is 19.5 Å². The van der Waals surface area contributed by atoms with E-state index in [1.165, 1.54) is 117 Å². The molecule has 3 aromatic heterocycles. The van der Waals surface area contributed by atoms with Crippen LogP contribution in [-0.2, 0) is 70.8 Å². The first-order chi connectivity index (χ1) is 44.7. The first-order valence-corrected chi connectivity index (χ1v) is 37.4. The molecule has 2 aliphatic rings. The smallest absolute Gasteiger partial charge is 0.335 e. The second-order valence-electron chi connectivity index (χ2n) is 27.1. The Morgan fingerprint density at radius 3 is 0.946 bits per heavy atom. The molecule has 5 heterocycles. The van der Waals surface area contributed by atoms with Gasteiger partial charge in [0.25, 0.3) is 0 Å². The first kappa shape index (κ1) is 72.2. The minimum Gasteiger partial charge on any atom is -0.478 e. The number of fused-ring (bicyclic) bond motifs is 20. The van der Waals surface area contributed by atoms with Crippen LogP contribution in [0.4, 0.5) is 0 Å². The number of aromatic nitrogens is 8. The Hall–Kier alpha value is -5.67. The summed E-state index contributed by atoms with van der Waals surface area (Å²) in [4.78, 5) is 58.9. The van der Waals surface area contributed by atoms with Crippen LogP contribution in [0.3, 0.4) is 0 Å². The Bertz CT molecular complexity index is 3670. The number of aromatic carboxylic acids is 1. The van der Waals surface area contributed by atoms with Gasteiger partial charge >= 0.3 is 5.97 Å². The molecule has 2 aliphatic heterocycles. The minimum atomic E-state index is -0.911. The molecule has 8 bridgehead atoms. The number of carboxylic acids is 1. The van der Waals surface area contributed by atoms with Crippen molar-refractivity contribution in [1.29, 1.82) is 0 Å². The number of carboxylic acid groups (broad SMARTS) is 1. The van der Waals surface area contributed by atoms with Crippen LogP contribution < -0.4 is 4.98 Å². The molecule has 0 radical (unpaired) electrons. The van der Waals surface area contributed by atoms with Crippen molar-refractivity contribution < 1.29 is 29.4 Å². The first-order valence-electron chi connectivity index (χ1n) is 37.4. The number of carbonyl (C=O) groups is 1. The number of unbranched alkanes of at least 4 members (excludes halogenated alkanes) is 24. The predicted molar refractivity (Wildman–Crippen MR) is 385 cm³/mol. The Morgan fingerprint density at radius 1 is 0.337 bits per heavy atom. The molecule has 0 amide bonds. The van der Waals surface area contributed by atoms with Gasteiger partial charge in [0.2, 0.25) is 0 Å². The summed E-state index contributed by atoms with van der Waals surface area (Å²) in [5.41, 5.74) is 16.6. The van der Waals surface area contributed by atoms with Gasteiger partial charge in [-0.1, -0.05) is 246 Å². The van der Waals surface area contributed by atoms with Gasteiger partial charge in [0.05, 0.1) is 17.2 Å². The van der Waals surface area contributed by atoms with Crippen LogP contribution in [0.15, 0.2) is 42.5 Å². The van der Waals surface area contributed by atoms with Crippen molar-refractivity contribution >= 4 is 50.1 Å². The van der Waals surface area contributed by atoms with Gasteiger partial charge in [-0.25, -0.2) is 24.7 Å². The quantitative estimate of drug-likeness (QED) is 0.0283. The third kappa shape index (κ3) is 17.8. The van der Waals surface area contributed by atoms with Crippen molar-refractivity contribution in [2.24, 2.45) is 0 Å². The van der Waals surface area contributed by atoms with Crippen molar-refractivity contribution in [3.05, 3.63) is 92.5 Å². The van der Waals surface area contributed by atoms with Crippen LogP contribution in [0.2, 0.25) is 0 Å². The van der Waals surface area contributed by atoms with Gasteiger partial charge in [-0.05, 0) is 164 Å². The molecule has 10 nitrogen and oxygen atoms in total. The molecule has 0 aliphatic carbocycles. The van der Waals surface area contributed by atoms with Gasteiger partial charge < -0.3 is 25.0 Å². The SMILES string of the molecule is CCCCCCc1ccc(CCCCCC)c2c1-c1nc-2nc2[nH]c(nc3nc(nc4[n-]c(n1)c1c(CCCCCC)cc(C(=O)O)c(CCCCCC)c41)-c1c(CCCCCC)ccc(CCCCCC)c1-3)c1c(CCCCCC)ccc(CCCCCC)c21.[Zn]. The van der Waals surface area contributed by atoms with E-state index in [1.807, 2.05) is 6.07 Å². The Balaban J connectivity index is 0.0000109. The molecule has 492 valence electrons. The van der Waals surface area contributed by atoms with E-state index in [2.05, 4.69) is 96.8 Å². The molecule has 4 aromatic carbocycles. The van der Waals surface area contributed by atoms with Crippen LogP contribution in [0, 0.1) is 0 Å². The Kier molecular flexibility index (Phi) is 29.4. The van der Waals surface area contributed by atoms with E-state index in [0.717, 1.165) is 227 Å². The number of nitrogens with one attached hydrogen (secondary N) is 1.